The first kappa shape index (κ1) is 13.5. The van der Waals surface area contributed by atoms with Gasteiger partial charge in [0.1, 0.15) is 11.6 Å². The van der Waals surface area contributed by atoms with Gasteiger partial charge in [-0.15, -0.1) is 0 Å². The van der Waals surface area contributed by atoms with Crippen molar-refractivity contribution in [3.63, 3.8) is 0 Å². The van der Waals surface area contributed by atoms with Crippen molar-refractivity contribution in [3.05, 3.63) is 35.4 Å². The first-order valence-electron chi connectivity index (χ1n) is 5.84. The Bertz CT molecular complexity index is 510. The zero-order valence-corrected chi connectivity index (χ0v) is 10.3. The molecule has 0 spiro atoms. The largest absolute Gasteiger partial charge is 0.479 e. The van der Waals surface area contributed by atoms with Gasteiger partial charge < -0.3 is 10.0 Å². The summed E-state index contributed by atoms with van der Waals surface area (Å²) in [5.74, 6) is -3.41. The average molecular weight is 269 g/mol. The molecule has 0 aromatic heterocycles. The van der Waals surface area contributed by atoms with E-state index in [2.05, 4.69) is 0 Å². The second-order valence-corrected chi connectivity index (χ2v) is 4.72. The van der Waals surface area contributed by atoms with Gasteiger partial charge in [-0.1, -0.05) is 6.07 Å². The summed E-state index contributed by atoms with van der Waals surface area (Å²) in [6.45, 7) is 1.14. The van der Waals surface area contributed by atoms with Crippen LogP contribution in [-0.4, -0.2) is 28.4 Å². The van der Waals surface area contributed by atoms with Crippen LogP contribution in [0.25, 0.3) is 0 Å². The topological polar surface area (TPSA) is 57.6 Å². The van der Waals surface area contributed by atoms with Gasteiger partial charge in [-0.05, 0) is 31.9 Å². The van der Waals surface area contributed by atoms with Gasteiger partial charge in [0.15, 0.2) is 5.54 Å². The molecule has 1 atom stereocenters. The Morgan fingerprint density at radius 2 is 1.95 bits per heavy atom. The van der Waals surface area contributed by atoms with Crippen LogP contribution in [-0.2, 0) is 15.1 Å². The van der Waals surface area contributed by atoms with E-state index in [9.17, 15) is 23.5 Å². The van der Waals surface area contributed by atoms with Crippen LogP contribution in [0.3, 0.4) is 0 Å². The minimum atomic E-state index is -2.04. The van der Waals surface area contributed by atoms with Crippen molar-refractivity contribution < 1.29 is 23.5 Å². The maximum absolute atomic E-state index is 13.8. The number of nitrogens with zero attached hydrogens (tertiary/aromatic N) is 1. The number of carboxylic acid groups (broad SMARTS) is 1. The van der Waals surface area contributed by atoms with Crippen LogP contribution in [0.15, 0.2) is 18.2 Å². The van der Waals surface area contributed by atoms with Gasteiger partial charge in [0, 0.05) is 6.04 Å². The van der Waals surface area contributed by atoms with Crippen molar-refractivity contribution in [2.45, 2.75) is 31.3 Å². The predicted octanol–water partition coefficient (Wildman–Crippen LogP) is 1.89. The van der Waals surface area contributed by atoms with Crippen molar-refractivity contribution in [1.82, 2.24) is 4.90 Å². The molecule has 1 aromatic rings. The fourth-order valence-corrected chi connectivity index (χ4v) is 2.22. The third-order valence-electron chi connectivity index (χ3n) is 3.44. The van der Waals surface area contributed by atoms with Gasteiger partial charge >= 0.3 is 5.97 Å². The minimum Gasteiger partial charge on any atom is -0.479 e. The first-order chi connectivity index (χ1) is 8.92. The molecule has 19 heavy (non-hydrogen) atoms. The van der Waals surface area contributed by atoms with Gasteiger partial charge in [0.05, 0.1) is 5.56 Å². The molecule has 0 radical (unpaired) electrons. The van der Waals surface area contributed by atoms with E-state index in [1.54, 1.807) is 0 Å². The van der Waals surface area contributed by atoms with E-state index in [0.29, 0.717) is 19.3 Å². The molecule has 1 unspecified atom stereocenters. The van der Waals surface area contributed by atoms with E-state index in [0.717, 1.165) is 30.0 Å². The molecule has 1 aliphatic rings. The lowest BCUT2D eigenvalue weighted by Crippen LogP contribution is -2.51. The van der Waals surface area contributed by atoms with Gasteiger partial charge in [-0.2, -0.15) is 0 Å². The van der Waals surface area contributed by atoms with Crippen molar-refractivity contribution in [1.29, 1.82) is 0 Å². The van der Waals surface area contributed by atoms with Crippen LogP contribution in [0.5, 0.6) is 0 Å². The number of halogens is 2. The first-order valence-corrected chi connectivity index (χ1v) is 5.84. The van der Waals surface area contributed by atoms with E-state index in [1.165, 1.54) is 0 Å². The average Bonchev–Trinajstić information content (AvgIpc) is 3.13. The van der Waals surface area contributed by atoms with Crippen LogP contribution in [0.2, 0.25) is 0 Å². The summed E-state index contributed by atoms with van der Waals surface area (Å²) in [5, 5.41) is 9.38. The van der Waals surface area contributed by atoms with E-state index >= 15 is 0 Å². The highest BCUT2D eigenvalue weighted by molar-refractivity contribution is 5.83. The van der Waals surface area contributed by atoms with Crippen molar-refractivity contribution >= 4 is 12.4 Å². The van der Waals surface area contributed by atoms with Crippen LogP contribution in [0.1, 0.15) is 25.3 Å². The Hall–Kier alpha value is -1.98. The number of benzene rings is 1. The maximum Gasteiger partial charge on any atom is 0.334 e. The molecule has 1 aliphatic carbocycles. The Morgan fingerprint density at radius 3 is 2.32 bits per heavy atom. The van der Waals surface area contributed by atoms with Gasteiger partial charge in [0.2, 0.25) is 6.41 Å². The Morgan fingerprint density at radius 1 is 1.42 bits per heavy atom. The zero-order chi connectivity index (χ0) is 14.2. The summed E-state index contributed by atoms with van der Waals surface area (Å²) in [6.07, 6.45) is 1.62. The highest BCUT2D eigenvalue weighted by atomic mass is 19.1. The lowest BCUT2D eigenvalue weighted by Gasteiger charge is -2.36. The lowest BCUT2D eigenvalue weighted by atomic mass is 9.89. The van der Waals surface area contributed by atoms with E-state index < -0.39 is 28.7 Å². The number of carboxylic acids is 1. The third kappa shape index (κ3) is 2.07. The third-order valence-corrected chi connectivity index (χ3v) is 3.44. The number of rotatable bonds is 5. The fourth-order valence-electron chi connectivity index (χ4n) is 2.22. The number of carbonyl (C=O) groups is 2. The molecule has 1 fully saturated rings. The molecule has 0 heterocycles. The van der Waals surface area contributed by atoms with Crippen LogP contribution < -0.4 is 0 Å². The minimum absolute atomic E-state index is 0.280. The molecular formula is C13H13F2NO3. The molecule has 6 heteroatoms. The van der Waals surface area contributed by atoms with Gasteiger partial charge in [-0.3, -0.25) is 4.79 Å². The Kier molecular flexibility index (Phi) is 3.26. The standard InChI is InChI=1S/C13H13F2NO3/c1-13(12(18)19,16(7-17)8-5-6-8)11-9(14)3-2-4-10(11)15/h2-4,7-8H,5-6H2,1H3,(H,18,19). The molecule has 1 N–H and O–H groups in total. The molecule has 1 saturated carbocycles. The highest BCUT2D eigenvalue weighted by Gasteiger charge is 2.50. The number of amides is 1. The number of hydrogen-bond acceptors (Lipinski definition) is 2. The monoisotopic (exact) mass is 269 g/mol. The summed E-state index contributed by atoms with van der Waals surface area (Å²) in [5.41, 5.74) is -2.65. The Labute approximate surface area is 108 Å². The fraction of sp³-hybridized carbons (Fsp3) is 0.385. The van der Waals surface area contributed by atoms with Crippen LogP contribution in [0, 0.1) is 11.6 Å². The molecule has 0 saturated heterocycles. The van der Waals surface area contributed by atoms with Gasteiger partial charge in [0.25, 0.3) is 0 Å². The summed E-state index contributed by atoms with van der Waals surface area (Å²) in [6, 6.07) is 2.83. The van der Waals surface area contributed by atoms with Crippen LogP contribution >= 0.6 is 0 Å². The second-order valence-electron chi connectivity index (χ2n) is 4.72. The van der Waals surface area contributed by atoms with Crippen molar-refractivity contribution in [3.8, 4) is 0 Å². The molecule has 2 rings (SSSR count). The number of aliphatic carboxylic acids is 1. The molecule has 0 bridgehead atoms. The van der Waals surface area contributed by atoms with E-state index in [4.69, 9.17) is 0 Å². The number of carbonyl (C=O) groups excluding carboxylic acids is 1. The quantitative estimate of drug-likeness (QED) is 0.830. The summed E-state index contributed by atoms with van der Waals surface area (Å²) >= 11 is 0. The van der Waals surface area contributed by atoms with Crippen LogP contribution in [0.4, 0.5) is 8.78 Å². The van der Waals surface area contributed by atoms with Gasteiger partial charge in [-0.25, -0.2) is 13.6 Å². The maximum atomic E-state index is 13.8. The molecule has 0 aliphatic heterocycles. The predicted molar refractivity (Wildman–Crippen MR) is 62.3 cm³/mol. The summed E-state index contributed by atoms with van der Waals surface area (Å²) in [7, 11) is 0. The summed E-state index contributed by atoms with van der Waals surface area (Å²) in [4.78, 5) is 23.7. The van der Waals surface area contributed by atoms with Crippen molar-refractivity contribution in [2.75, 3.05) is 0 Å². The molecule has 4 nitrogen and oxygen atoms in total. The van der Waals surface area contributed by atoms with Crippen molar-refractivity contribution in [2.24, 2.45) is 0 Å². The Balaban J connectivity index is 2.61. The number of hydrogen-bond donors (Lipinski definition) is 1. The molecular weight excluding hydrogens is 256 g/mol. The van der Waals surface area contributed by atoms with E-state index in [1.807, 2.05) is 0 Å². The van der Waals surface area contributed by atoms with E-state index in [-0.39, 0.29) is 6.04 Å². The normalized spacial score (nSPS) is 17.6. The molecule has 102 valence electrons. The SMILES string of the molecule is CC(C(=O)O)(c1c(F)cccc1F)N(C=O)C1CC1. The zero-order valence-electron chi connectivity index (χ0n) is 10.3. The molecule has 1 aromatic carbocycles. The lowest BCUT2D eigenvalue weighted by molar-refractivity contribution is -0.155. The highest BCUT2D eigenvalue weighted by Crippen LogP contribution is 2.39. The molecule has 1 amide bonds. The summed E-state index contributed by atoms with van der Waals surface area (Å²) < 4.78 is 27.7. The smallest absolute Gasteiger partial charge is 0.334 e. The second kappa shape index (κ2) is 4.60.